The smallest absolute Gasteiger partial charge is 0.460 e. The van der Waals surface area contributed by atoms with Crippen LogP contribution < -0.4 is 5.11 Å². The summed E-state index contributed by atoms with van der Waals surface area (Å²) < 4.78 is 195. The highest BCUT2D eigenvalue weighted by atomic mass is 32.2. The molecule has 0 amide bonds. The second-order valence-electron chi connectivity index (χ2n) is 7.88. The molecule has 0 saturated heterocycles. The molecule has 0 unspecified atom stereocenters. The van der Waals surface area contributed by atoms with Gasteiger partial charge in [0.1, 0.15) is 0 Å². The molecular formula is C15H21F13N2O4S. The third-order valence-electron chi connectivity index (χ3n) is 4.79. The van der Waals surface area contributed by atoms with Crippen molar-refractivity contribution in [3.8, 4) is 0 Å². The molecule has 0 atom stereocenters. The second-order valence-corrected chi connectivity index (χ2v) is 9.86. The van der Waals surface area contributed by atoms with Crippen LogP contribution in [-0.4, -0.2) is 111 Å². The summed E-state index contributed by atoms with van der Waals surface area (Å²) in [6.07, 6.45) is -8.17. The number of quaternary nitrogens is 1. The van der Waals surface area contributed by atoms with Gasteiger partial charge in [-0.3, -0.25) is 0 Å². The summed E-state index contributed by atoms with van der Waals surface area (Å²) in [5.74, 6) is -32.5. The molecule has 0 aromatic heterocycles. The molecule has 20 heteroatoms. The average Bonchev–Trinajstić information content (AvgIpc) is 2.65. The zero-order valence-corrected chi connectivity index (χ0v) is 18.7. The van der Waals surface area contributed by atoms with E-state index in [-0.39, 0.29) is 17.6 Å². The molecule has 0 bridgehead atoms. The Hall–Kier alpha value is -1.12. The number of sulfonamides is 1. The van der Waals surface area contributed by atoms with Crippen molar-refractivity contribution < 1.29 is 80.2 Å². The highest BCUT2D eigenvalue weighted by molar-refractivity contribution is 7.90. The monoisotopic (exact) mass is 572 g/mol. The summed E-state index contributed by atoms with van der Waals surface area (Å²) in [4.78, 5) is 0. The molecule has 0 aliphatic carbocycles. The van der Waals surface area contributed by atoms with Gasteiger partial charge in [0.15, 0.2) is 0 Å². The summed E-state index contributed by atoms with van der Waals surface area (Å²) in [6.45, 7) is -5.12. The number of halogens is 13. The SMILES string of the molecule is C[N+](C)(CC[O-])CCCN(CCO)S(=O)(=O)C(F)(F)C(F)(F)C(F)(F)C(F)(F)C(F)(F)C(F)(F)F. The Morgan fingerprint density at radius 1 is 0.743 bits per heavy atom. The molecule has 0 aliphatic heterocycles. The molecule has 0 heterocycles. The first-order valence-electron chi connectivity index (χ1n) is 9.19. The van der Waals surface area contributed by atoms with Crippen molar-refractivity contribution in [2.75, 3.05) is 53.5 Å². The summed E-state index contributed by atoms with van der Waals surface area (Å²) in [6, 6.07) is 0. The number of hydrogen-bond acceptors (Lipinski definition) is 4. The number of alkyl halides is 13. The first kappa shape index (κ1) is 33.9. The standard InChI is InChI=1S/C15H21F13N2O4S/c1-30(2,7-9-32)6-3-4-29(5-8-31)35(33,34)15(27,28)13(22,23)11(18,19)10(16,17)12(20,21)14(24,25)26/h31H,3-9H2,1-2H3. The van der Waals surface area contributed by atoms with E-state index in [2.05, 4.69) is 0 Å². The Balaban J connectivity index is 6.40. The number of rotatable bonds is 14. The fourth-order valence-electron chi connectivity index (χ4n) is 2.58. The predicted molar refractivity (Wildman–Crippen MR) is 89.7 cm³/mol. The third kappa shape index (κ3) is 5.90. The second kappa shape index (κ2) is 10.3. The quantitative estimate of drug-likeness (QED) is 0.256. The number of aliphatic hydroxyl groups excluding tert-OH is 1. The lowest BCUT2D eigenvalue weighted by Crippen LogP contribution is -2.72. The maximum absolute atomic E-state index is 14.2. The lowest BCUT2D eigenvalue weighted by atomic mass is 9.98. The van der Waals surface area contributed by atoms with Crippen LogP contribution in [0.1, 0.15) is 6.42 Å². The number of nitrogens with zero attached hydrogens (tertiary/aromatic N) is 2. The number of aliphatic hydroxyl groups is 1. The lowest BCUT2D eigenvalue weighted by Gasteiger charge is -2.40. The Labute approximate surface area is 190 Å². The van der Waals surface area contributed by atoms with Crippen LogP contribution in [0, 0.1) is 0 Å². The van der Waals surface area contributed by atoms with Crippen LogP contribution in [0.2, 0.25) is 0 Å². The first-order chi connectivity index (χ1) is 15.2. The van der Waals surface area contributed by atoms with Crippen LogP contribution in [0.5, 0.6) is 0 Å². The van der Waals surface area contributed by atoms with Gasteiger partial charge in [0.2, 0.25) is 0 Å². The predicted octanol–water partition coefficient (Wildman–Crippen LogP) is 2.13. The first-order valence-corrected chi connectivity index (χ1v) is 10.6. The molecule has 35 heavy (non-hydrogen) atoms. The van der Waals surface area contributed by atoms with Crippen LogP contribution in [0.3, 0.4) is 0 Å². The molecule has 6 nitrogen and oxygen atoms in total. The lowest BCUT2D eigenvalue weighted by molar-refractivity contribution is -0.895. The van der Waals surface area contributed by atoms with Crippen LogP contribution in [0.25, 0.3) is 0 Å². The normalized spacial score (nSPS) is 15.7. The molecule has 1 N–H and O–H groups in total. The maximum Gasteiger partial charge on any atom is 0.460 e. The van der Waals surface area contributed by atoms with Gasteiger partial charge >= 0.3 is 35.1 Å². The van der Waals surface area contributed by atoms with Crippen molar-refractivity contribution in [2.45, 2.75) is 41.5 Å². The van der Waals surface area contributed by atoms with E-state index < -0.39 is 82.2 Å². The zero-order valence-electron chi connectivity index (χ0n) is 17.8. The average molecular weight is 572 g/mol. The van der Waals surface area contributed by atoms with Crippen molar-refractivity contribution in [1.29, 1.82) is 0 Å². The van der Waals surface area contributed by atoms with Gasteiger partial charge in [0.05, 0.1) is 33.8 Å². The highest BCUT2D eigenvalue weighted by Gasteiger charge is 2.92. The summed E-state index contributed by atoms with van der Waals surface area (Å²) in [5.41, 5.74) is 0. The van der Waals surface area contributed by atoms with Crippen molar-refractivity contribution in [1.82, 2.24) is 4.31 Å². The van der Waals surface area contributed by atoms with Gasteiger partial charge in [-0.05, 0) is 0 Å². The molecule has 0 spiro atoms. The summed E-state index contributed by atoms with van der Waals surface area (Å²) in [7, 11) is -4.43. The van der Waals surface area contributed by atoms with Gasteiger partial charge in [-0.15, -0.1) is 0 Å². The van der Waals surface area contributed by atoms with E-state index in [1.54, 1.807) is 0 Å². The molecule has 0 aromatic rings. The fraction of sp³-hybridized carbons (Fsp3) is 1.00. The number of likely N-dealkylation sites (N-methyl/N-ethyl adjacent to an activating group) is 1. The van der Waals surface area contributed by atoms with Crippen molar-refractivity contribution in [2.24, 2.45) is 0 Å². The Morgan fingerprint density at radius 2 is 1.17 bits per heavy atom. The van der Waals surface area contributed by atoms with E-state index >= 15 is 0 Å². The molecular weight excluding hydrogens is 551 g/mol. The largest absolute Gasteiger partial charge is 0.850 e. The molecule has 0 radical (unpaired) electrons. The maximum atomic E-state index is 14.2. The molecule has 0 rings (SSSR count). The Morgan fingerprint density at radius 3 is 1.54 bits per heavy atom. The van der Waals surface area contributed by atoms with Gasteiger partial charge in [-0.25, -0.2) is 8.42 Å². The summed E-state index contributed by atoms with van der Waals surface area (Å²) in [5, 5.41) is 12.1. The third-order valence-corrected chi connectivity index (χ3v) is 6.73. The highest BCUT2D eigenvalue weighted by Crippen LogP contribution is 2.61. The molecule has 0 saturated carbocycles. The van der Waals surface area contributed by atoms with Crippen molar-refractivity contribution in [3.05, 3.63) is 0 Å². The minimum absolute atomic E-state index is 0.101. The molecule has 0 fully saturated rings. The van der Waals surface area contributed by atoms with Crippen molar-refractivity contribution in [3.63, 3.8) is 0 Å². The van der Waals surface area contributed by atoms with E-state index in [9.17, 15) is 70.6 Å². The minimum Gasteiger partial charge on any atom is -0.850 e. The number of hydrogen-bond donors (Lipinski definition) is 1. The van der Waals surface area contributed by atoms with Gasteiger partial charge < -0.3 is 14.7 Å². The van der Waals surface area contributed by atoms with E-state index in [0.29, 0.717) is 0 Å². The fourth-order valence-corrected chi connectivity index (χ4v) is 4.04. The van der Waals surface area contributed by atoms with Gasteiger partial charge in [-0.2, -0.15) is 61.4 Å². The Bertz CT molecular complexity index is 816. The minimum atomic E-state index is -8.26. The van der Waals surface area contributed by atoms with E-state index in [1.165, 1.54) is 14.1 Å². The van der Waals surface area contributed by atoms with Crippen molar-refractivity contribution >= 4 is 10.0 Å². The van der Waals surface area contributed by atoms with Crippen LogP contribution in [0.4, 0.5) is 57.1 Å². The topological polar surface area (TPSA) is 80.7 Å². The van der Waals surface area contributed by atoms with Gasteiger partial charge in [0, 0.05) is 19.5 Å². The Kier molecular flexibility index (Phi) is 10.00. The van der Waals surface area contributed by atoms with Crippen LogP contribution >= 0.6 is 0 Å². The van der Waals surface area contributed by atoms with Gasteiger partial charge in [-0.1, -0.05) is 6.61 Å². The van der Waals surface area contributed by atoms with E-state index in [4.69, 9.17) is 5.11 Å². The molecule has 0 aliphatic rings. The van der Waals surface area contributed by atoms with E-state index in [1.807, 2.05) is 0 Å². The zero-order chi connectivity index (χ0) is 28.5. The van der Waals surface area contributed by atoms with Gasteiger partial charge in [0.25, 0.3) is 10.0 Å². The molecule has 212 valence electrons. The van der Waals surface area contributed by atoms with Crippen LogP contribution in [0.15, 0.2) is 0 Å². The van der Waals surface area contributed by atoms with E-state index in [0.717, 1.165) is 0 Å². The van der Waals surface area contributed by atoms with Crippen LogP contribution in [-0.2, 0) is 10.0 Å². The molecule has 0 aromatic carbocycles. The summed E-state index contributed by atoms with van der Waals surface area (Å²) >= 11 is 0.